The van der Waals surface area contributed by atoms with Gasteiger partial charge >= 0.3 is 0 Å². The minimum atomic E-state index is -3.73. The van der Waals surface area contributed by atoms with Gasteiger partial charge in [0.05, 0.1) is 17.0 Å². The first-order valence-electron chi connectivity index (χ1n) is 6.03. The first-order valence-corrected chi connectivity index (χ1v) is 7.47. The Morgan fingerprint density at radius 1 is 1.20 bits per heavy atom. The number of sulfonamides is 1. The molecule has 0 spiro atoms. The molecule has 0 heterocycles. The standard InChI is InChI=1S/C13H16N4O2S/c1-11-4-5-12(10-13(11)16)20(18,19)17(8-2-6-14)9-3-7-15/h4-5,10H,2-3,8-9,16H2,1H3. The number of nitriles is 2. The Balaban J connectivity index is 3.11. The Kier molecular flexibility index (Phi) is 5.51. The third-order valence-corrected chi connectivity index (χ3v) is 4.73. The van der Waals surface area contributed by atoms with Gasteiger partial charge in [-0.15, -0.1) is 0 Å². The molecule has 0 aromatic heterocycles. The summed E-state index contributed by atoms with van der Waals surface area (Å²) in [5, 5.41) is 17.2. The second-order valence-electron chi connectivity index (χ2n) is 4.24. The number of hydrogen-bond donors (Lipinski definition) is 1. The second kappa shape index (κ2) is 6.90. The maximum absolute atomic E-state index is 12.5. The minimum absolute atomic E-state index is 0.0638. The van der Waals surface area contributed by atoms with Crippen LogP contribution in [0.1, 0.15) is 18.4 Å². The van der Waals surface area contributed by atoms with Crippen LogP contribution >= 0.6 is 0 Å². The lowest BCUT2D eigenvalue weighted by Gasteiger charge is -2.20. The van der Waals surface area contributed by atoms with E-state index in [-0.39, 0.29) is 30.8 Å². The molecule has 7 heteroatoms. The lowest BCUT2D eigenvalue weighted by atomic mass is 10.2. The van der Waals surface area contributed by atoms with Crippen molar-refractivity contribution in [2.45, 2.75) is 24.7 Å². The van der Waals surface area contributed by atoms with E-state index in [1.807, 2.05) is 12.1 Å². The molecule has 1 aromatic rings. The summed E-state index contributed by atoms with van der Waals surface area (Å²) < 4.78 is 26.1. The largest absolute Gasteiger partial charge is 0.398 e. The minimum Gasteiger partial charge on any atom is -0.398 e. The fraction of sp³-hybridized carbons (Fsp3) is 0.385. The fourth-order valence-corrected chi connectivity index (χ4v) is 3.11. The molecule has 0 aliphatic carbocycles. The number of anilines is 1. The number of rotatable bonds is 6. The lowest BCUT2D eigenvalue weighted by molar-refractivity contribution is 0.425. The van der Waals surface area contributed by atoms with Crippen LogP contribution in [0.5, 0.6) is 0 Å². The van der Waals surface area contributed by atoms with Crippen LogP contribution in [0.3, 0.4) is 0 Å². The van der Waals surface area contributed by atoms with Crippen LogP contribution in [0.15, 0.2) is 23.1 Å². The summed E-state index contributed by atoms with van der Waals surface area (Å²) in [4.78, 5) is 0.0801. The van der Waals surface area contributed by atoms with E-state index >= 15 is 0 Å². The monoisotopic (exact) mass is 292 g/mol. The maximum atomic E-state index is 12.5. The maximum Gasteiger partial charge on any atom is 0.243 e. The molecule has 0 bridgehead atoms. The van der Waals surface area contributed by atoms with Gasteiger partial charge in [0.15, 0.2) is 0 Å². The van der Waals surface area contributed by atoms with Crippen molar-refractivity contribution in [3.8, 4) is 12.1 Å². The third-order valence-electron chi connectivity index (χ3n) is 2.83. The Morgan fingerprint density at radius 3 is 2.20 bits per heavy atom. The third kappa shape index (κ3) is 3.70. The van der Waals surface area contributed by atoms with Crippen molar-refractivity contribution in [3.63, 3.8) is 0 Å². The molecular weight excluding hydrogens is 276 g/mol. The summed E-state index contributed by atoms with van der Waals surface area (Å²) in [6.07, 6.45) is 0.151. The van der Waals surface area contributed by atoms with E-state index in [9.17, 15) is 8.42 Å². The van der Waals surface area contributed by atoms with E-state index in [1.54, 1.807) is 13.0 Å². The Morgan fingerprint density at radius 2 is 1.75 bits per heavy atom. The molecule has 0 amide bonds. The summed E-state index contributed by atoms with van der Waals surface area (Å²) in [6, 6.07) is 8.32. The predicted octanol–water partition coefficient (Wildman–Crippen LogP) is 1.40. The molecule has 0 radical (unpaired) electrons. The van der Waals surface area contributed by atoms with Gasteiger partial charge in [0.25, 0.3) is 0 Å². The van der Waals surface area contributed by atoms with Gasteiger partial charge in [0.2, 0.25) is 10.0 Å². The zero-order chi connectivity index (χ0) is 15.2. The molecule has 0 fully saturated rings. The topological polar surface area (TPSA) is 111 Å². The van der Waals surface area contributed by atoms with Crippen LogP contribution in [0.2, 0.25) is 0 Å². The molecule has 0 aliphatic heterocycles. The van der Waals surface area contributed by atoms with Gasteiger partial charge in [-0.3, -0.25) is 0 Å². The SMILES string of the molecule is Cc1ccc(S(=O)(=O)N(CCC#N)CCC#N)cc1N. The molecule has 20 heavy (non-hydrogen) atoms. The fourth-order valence-electron chi connectivity index (χ4n) is 1.63. The van der Waals surface area contributed by atoms with Crippen molar-refractivity contribution < 1.29 is 8.42 Å². The number of nitrogens with two attached hydrogens (primary N) is 1. The summed E-state index contributed by atoms with van der Waals surface area (Å²) in [7, 11) is -3.73. The lowest BCUT2D eigenvalue weighted by Crippen LogP contribution is -2.32. The highest BCUT2D eigenvalue weighted by molar-refractivity contribution is 7.89. The zero-order valence-electron chi connectivity index (χ0n) is 11.2. The molecule has 0 aliphatic rings. The molecule has 1 rings (SSSR count). The highest BCUT2D eigenvalue weighted by Gasteiger charge is 2.24. The van der Waals surface area contributed by atoms with Crippen LogP contribution in [0.4, 0.5) is 5.69 Å². The Bertz CT molecular complexity index is 638. The van der Waals surface area contributed by atoms with Gasteiger partial charge in [0.1, 0.15) is 0 Å². The van der Waals surface area contributed by atoms with Crippen LogP contribution in [0, 0.1) is 29.6 Å². The quantitative estimate of drug-likeness (QED) is 0.796. The number of benzene rings is 1. The van der Waals surface area contributed by atoms with Gasteiger partial charge in [-0.25, -0.2) is 8.42 Å². The molecule has 0 atom stereocenters. The Hall–Kier alpha value is -2.09. The van der Waals surface area contributed by atoms with Crippen molar-refractivity contribution in [1.29, 1.82) is 10.5 Å². The molecule has 1 aromatic carbocycles. The van der Waals surface area contributed by atoms with Crippen molar-refractivity contribution in [3.05, 3.63) is 23.8 Å². The second-order valence-corrected chi connectivity index (χ2v) is 6.18. The molecule has 0 saturated heterocycles. The molecule has 0 saturated carbocycles. The Labute approximate surface area is 119 Å². The van der Waals surface area contributed by atoms with Gasteiger partial charge < -0.3 is 5.73 Å². The van der Waals surface area contributed by atoms with E-state index < -0.39 is 10.0 Å². The first kappa shape index (κ1) is 16.0. The van der Waals surface area contributed by atoms with Gasteiger partial charge in [-0.2, -0.15) is 14.8 Å². The summed E-state index contributed by atoms with van der Waals surface area (Å²) >= 11 is 0. The first-order chi connectivity index (χ1) is 9.43. The van der Waals surface area contributed by atoms with Gasteiger partial charge in [-0.05, 0) is 24.6 Å². The van der Waals surface area contributed by atoms with E-state index in [0.29, 0.717) is 5.69 Å². The van der Waals surface area contributed by atoms with Crippen LogP contribution in [-0.2, 0) is 10.0 Å². The zero-order valence-corrected chi connectivity index (χ0v) is 12.0. The predicted molar refractivity (Wildman–Crippen MR) is 74.8 cm³/mol. The molecular formula is C13H16N4O2S. The van der Waals surface area contributed by atoms with Crippen LogP contribution in [0.25, 0.3) is 0 Å². The molecule has 2 N–H and O–H groups in total. The van der Waals surface area contributed by atoms with E-state index in [2.05, 4.69) is 0 Å². The smallest absolute Gasteiger partial charge is 0.243 e. The van der Waals surface area contributed by atoms with Crippen molar-refractivity contribution in [2.24, 2.45) is 0 Å². The van der Waals surface area contributed by atoms with Crippen LogP contribution in [-0.4, -0.2) is 25.8 Å². The molecule has 106 valence electrons. The molecule has 6 nitrogen and oxygen atoms in total. The van der Waals surface area contributed by atoms with Gasteiger partial charge in [0, 0.05) is 31.6 Å². The van der Waals surface area contributed by atoms with E-state index in [0.717, 1.165) is 9.87 Å². The highest BCUT2D eigenvalue weighted by Crippen LogP contribution is 2.21. The summed E-state index contributed by atoms with van der Waals surface area (Å²) in [5.74, 6) is 0. The summed E-state index contributed by atoms with van der Waals surface area (Å²) in [6.45, 7) is 1.91. The molecule has 0 unspecified atom stereocenters. The summed E-state index contributed by atoms with van der Waals surface area (Å²) in [5.41, 5.74) is 6.92. The van der Waals surface area contributed by atoms with E-state index in [1.165, 1.54) is 12.1 Å². The number of nitrogen functional groups attached to an aromatic ring is 1. The normalized spacial score (nSPS) is 11.0. The van der Waals surface area contributed by atoms with Crippen molar-refractivity contribution in [2.75, 3.05) is 18.8 Å². The van der Waals surface area contributed by atoms with E-state index in [4.69, 9.17) is 16.3 Å². The van der Waals surface area contributed by atoms with Crippen LogP contribution < -0.4 is 5.73 Å². The number of hydrogen-bond acceptors (Lipinski definition) is 5. The average Bonchev–Trinajstić information content (AvgIpc) is 2.41. The van der Waals surface area contributed by atoms with Gasteiger partial charge in [-0.1, -0.05) is 6.07 Å². The highest BCUT2D eigenvalue weighted by atomic mass is 32.2. The average molecular weight is 292 g/mol. The van der Waals surface area contributed by atoms with Crippen molar-refractivity contribution >= 4 is 15.7 Å². The van der Waals surface area contributed by atoms with Crippen molar-refractivity contribution in [1.82, 2.24) is 4.31 Å². The number of aryl methyl sites for hydroxylation is 1. The number of nitrogens with zero attached hydrogens (tertiary/aromatic N) is 3.